The van der Waals surface area contributed by atoms with E-state index in [0.717, 1.165) is 6.20 Å². The summed E-state index contributed by atoms with van der Waals surface area (Å²) < 4.78 is 47.8. The summed E-state index contributed by atoms with van der Waals surface area (Å²) in [5, 5.41) is 0. The van der Waals surface area contributed by atoms with E-state index in [-0.39, 0.29) is 18.2 Å². The van der Waals surface area contributed by atoms with Crippen LogP contribution in [-0.4, -0.2) is 26.7 Å². The minimum Gasteiger partial charge on any atom is -0.490 e. The zero-order valence-electron chi connectivity index (χ0n) is 16.0. The molecule has 0 saturated carbocycles. The Morgan fingerprint density at radius 1 is 1.25 bits per heavy atom. The van der Waals surface area contributed by atoms with Gasteiger partial charge in [0.2, 0.25) is 0 Å². The highest BCUT2D eigenvalue weighted by atomic mass is 19.3. The van der Waals surface area contributed by atoms with Gasteiger partial charge in [0, 0.05) is 17.8 Å². The van der Waals surface area contributed by atoms with Gasteiger partial charge < -0.3 is 10.5 Å². The highest BCUT2D eigenvalue weighted by Crippen LogP contribution is 2.30. The van der Waals surface area contributed by atoms with E-state index in [1.54, 1.807) is 18.3 Å². The predicted octanol–water partition coefficient (Wildman–Crippen LogP) is 4.64. The van der Waals surface area contributed by atoms with Gasteiger partial charge in [-0.15, -0.1) is 0 Å². The molecular weight excluding hydrogens is 369 g/mol. The van der Waals surface area contributed by atoms with Gasteiger partial charge in [-0.2, -0.15) is 0 Å². The Morgan fingerprint density at radius 2 is 2.00 bits per heavy atom. The lowest BCUT2D eigenvalue weighted by atomic mass is 9.93. The van der Waals surface area contributed by atoms with Crippen LogP contribution in [0.25, 0.3) is 16.9 Å². The molecule has 0 radical (unpaired) electrons. The van der Waals surface area contributed by atoms with Crippen molar-refractivity contribution in [3.63, 3.8) is 0 Å². The number of nitrogens with zero attached hydrogens (tertiary/aromatic N) is 3. The maximum Gasteiger partial charge on any atom is 0.284 e. The van der Waals surface area contributed by atoms with Gasteiger partial charge in [0.25, 0.3) is 6.43 Å². The van der Waals surface area contributed by atoms with Crippen molar-refractivity contribution in [2.45, 2.75) is 39.2 Å². The second-order valence-corrected chi connectivity index (χ2v) is 7.64. The Balaban J connectivity index is 1.92. The first kappa shape index (κ1) is 20.1. The number of hydrogen-bond acceptors (Lipinski definition) is 4. The maximum absolute atomic E-state index is 13.6. The number of ether oxygens (including phenoxy) is 1. The molecule has 3 aromatic heterocycles. The van der Waals surface area contributed by atoms with Gasteiger partial charge in [0.1, 0.15) is 24.0 Å². The summed E-state index contributed by atoms with van der Waals surface area (Å²) in [6, 6.07) is 5.92. The standard InChI is InChI=1S/C20H23F3N4O/c1-12(2)9-20(3,24)11-28-16-4-5-17(26-18(16)19(22)23)27-7-6-14-15(27)8-13(21)10-25-14/h4-8,10,12,19H,9,11,24H2,1-3H3/t20-/m0/s1. The molecule has 1 atom stereocenters. The van der Waals surface area contributed by atoms with Gasteiger partial charge in [-0.3, -0.25) is 9.55 Å². The molecule has 5 nitrogen and oxygen atoms in total. The van der Waals surface area contributed by atoms with Crippen LogP contribution in [0.15, 0.2) is 36.7 Å². The second-order valence-electron chi connectivity index (χ2n) is 7.64. The van der Waals surface area contributed by atoms with Gasteiger partial charge >= 0.3 is 0 Å². The fraction of sp³-hybridized carbons (Fsp3) is 0.400. The number of alkyl halides is 2. The quantitative estimate of drug-likeness (QED) is 0.636. The summed E-state index contributed by atoms with van der Waals surface area (Å²) in [4.78, 5) is 8.02. The van der Waals surface area contributed by atoms with Crippen LogP contribution in [0, 0.1) is 11.7 Å². The molecular formula is C20H23F3N4O. The molecule has 3 rings (SSSR count). The van der Waals surface area contributed by atoms with Crippen molar-refractivity contribution in [2.24, 2.45) is 11.7 Å². The van der Waals surface area contributed by atoms with Gasteiger partial charge in [-0.1, -0.05) is 13.8 Å². The van der Waals surface area contributed by atoms with E-state index in [1.807, 2.05) is 20.8 Å². The molecule has 0 saturated heterocycles. The smallest absolute Gasteiger partial charge is 0.284 e. The van der Waals surface area contributed by atoms with Crippen molar-refractivity contribution < 1.29 is 17.9 Å². The van der Waals surface area contributed by atoms with Crippen molar-refractivity contribution in [3.8, 4) is 11.6 Å². The summed E-state index contributed by atoms with van der Waals surface area (Å²) in [6.45, 7) is 5.98. The maximum atomic E-state index is 13.6. The van der Waals surface area contributed by atoms with Crippen LogP contribution < -0.4 is 10.5 Å². The monoisotopic (exact) mass is 392 g/mol. The van der Waals surface area contributed by atoms with Crippen LogP contribution in [0.3, 0.4) is 0 Å². The molecule has 0 amide bonds. The first-order valence-corrected chi connectivity index (χ1v) is 9.00. The number of pyridine rings is 2. The molecule has 3 heterocycles. The molecule has 3 aromatic rings. The number of aromatic nitrogens is 3. The molecule has 0 spiro atoms. The predicted molar refractivity (Wildman–Crippen MR) is 101 cm³/mol. The normalized spacial score (nSPS) is 14.0. The zero-order valence-corrected chi connectivity index (χ0v) is 16.0. The topological polar surface area (TPSA) is 66.0 Å². The molecule has 2 N–H and O–H groups in total. The van der Waals surface area contributed by atoms with Crippen molar-refractivity contribution in [1.29, 1.82) is 0 Å². The van der Waals surface area contributed by atoms with Gasteiger partial charge in [0.05, 0.1) is 17.2 Å². The molecule has 0 fully saturated rings. The van der Waals surface area contributed by atoms with E-state index in [2.05, 4.69) is 9.97 Å². The van der Waals surface area contributed by atoms with E-state index >= 15 is 0 Å². The summed E-state index contributed by atoms with van der Waals surface area (Å²) in [5.41, 5.74) is 6.04. The van der Waals surface area contributed by atoms with Crippen LogP contribution in [0.5, 0.6) is 5.75 Å². The summed E-state index contributed by atoms with van der Waals surface area (Å²) in [5.74, 6) is 0.0428. The minimum absolute atomic E-state index is 0.0139. The number of halogens is 3. The number of hydrogen-bond donors (Lipinski definition) is 1. The van der Waals surface area contributed by atoms with Crippen LogP contribution in [0.2, 0.25) is 0 Å². The van der Waals surface area contributed by atoms with E-state index in [9.17, 15) is 13.2 Å². The molecule has 0 aliphatic rings. The fourth-order valence-corrected chi connectivity index (χ4v) is 3.28. The zero-order chi connectivity index (χ0) is 20.5. The second kappa shape index (κ2) is 7.79. The third-order valence-corrected chi connectivity index (χ3v) is 4.26. The summed E-state index contributed by atoms with van der Waals surface area (Å²) in [6.07, 6.45) is 0.564. The largest absolute Gasteiger partial charge is 0.490 e. The van der Waals surface area contributed by atoms with E-state index in [1.165, 1.54) is 16.7 Å². The van der Waals surface area contributed by atoms with E-state index in [0.29, 0.717) is 23.4 Å². The number of nitrogens with two attached hydrogens (primary N) is 1. The molecule has 0 unspecified atom stereocenters. The Hall–Kier alpha value is -2.61. The van der Waals surface area contributed by atoms with E-state index < -0.39 is 23.5 Å². The van der Waals surface area contributed by atoms with Crippen molar-refractivity contribution in [2.75, 3.05) is 6.61 Å². The highest BCUT2D eigenvalue weighted by molar-refractivity contribution is 5.77. The van der Waals surface area contributed by atoms with Gasteiger partial charge in [0.15, 0.2) is 5.69 Å². The minimum atomic E-state index is -2.83. The highest BCUT2D eigenvalue weighted by Gasteiger charge is 2.24. The SMILES string of the molecule is CC(C)C[C@](C)(N)COc1ccc(-n2ccc3ncc(F)cc32)nc1C(F)F. The average Bonchev–Trinajstić information content (AvgIpc) is 3.01. The third kappa shape index (κ3) is 4.44. The van der Waals surface area contributed by atoms with Crippen molar-refractivity contribution in [1.82, 2.24) is 14.5 Å². The first-order valence-electron chi connectivity index (χ1n) is 9.00. The van der Waals surface area contributed by atoms with Gasteiger partial charge in [-0.25, -0.2) is 18.2 Å². The molecule has 0 aromatic carbocycles. The van der Waals surface area contributed by atoms with Gasteiger partial charge in [-0.05, 0) is 37.5 Å². The summed E-state index contributed by atoms with van der Waals surface area (Å²) in [7, 11) is 0. The third-order valence-electron chi connectivity index (χ3n) is 4.26. The van der Waals surface area contributed by atoms with Crippen LogP contribution in [-0.2, 0) is 0 Å². The Labute approximate surface area is 161 Å². The molecule has 28 heavy (non-hydrogen) atoms. The summed E-state index contributed by atoms with van der Waals surface area (Å²) >= 11 is 0. The molecule has 0 bridgehead atoms. The Bertz CT molecular complexity index is 969. The Kier molecular flexibility index (Phi) is 5.60. The number of rotatable bonds is 7. The molecule has 0 aliphatic carbocycles. The van der Waals surface area contributed by atoms with E-state index in [4.69, 9.17) is 10.5 Å². The van der Waals surface area contributed by atoms with Crippen LogP contribution in [0.4, 0.5) is 13.2 Å². The Morgan fingerprint density at radius 3 is 2.68 bits per heavy atom. The lowest BCUT2D eigenvalue weighted by Gasteiger charge is -2.27. The fourth-order valence-electron chi connectivity index (χ4n) is 3.28. The lowest BCUT2D eigenvalue weighted by molar-refractivity contribution is 0.134. The average molecular weight is 392 g/mol. The molecule has 150 valence electrons. The van der Waals surface area contributed by atoms with Crippen molar-refractivity contribution in [3.05, 3.63) is 48.2 Å². The molecule has 8 heteroatoms. The number of fused-ring (bicyclic) bond motifs is 1. The lowest BCUT2D eigenvalue weighted by Crippen LogP contribution is -2.43. The van der Waals surface area contributed by atoms with Crippen LogP contribution in [0.1, 0.15) is 39.3 Å². The van der Waals surface area contributed by atoms with Crippen molar-refractivity contribution >= 4 is 11.0 Å². The molecule has 0 aliphatic heterocycles. The van der Waals surface area contributed by atoms with Crippen LogP contribution >= 0.6 is 0 Å². The first-order chi connectivity index (χ1) is 13.2.